The third-order valence-electron chi connectivity index (χ3n) is 3.15. The van der Waals surface area contributed by atoms with Gasteiger partial charge in [0.15, 0.2) is 0 Å². The van der Waals surface area contributed by atoms with Crippen molar-refractivity contribution in [2.75, 3.05) is 31.7 Å². The minimum absolute atomic E-state index is 0.00870. The summed E-state index contributed by atoms with van der Waals surface area (Å²) in [5.41, 5.74) is 2.06. The molecule has 0 saturated carbocycles. The number of aliphatic hydroxyl groups is 1. The Hall–Kier alpha value is -1.26. The fraction of sp³-hybridized carbons (Fsp3) is 0.571. The molecule has 2 rings (SSSR count). The van der Waals surface area contributed by atoms with E-state index in [1.165, 1.54) is 0 Å². The van der Waals surface area contributed by atoms with Crippen LogP contribution >= 0.6 is 0 Å². The van der Waals surface area contributed by atoms with Crippen LogP contribution in [0.1, 0.15) is 19.4 Å². The third kappa shape index (κ3) is 2.94. The van der Waals surface area contributed by atoms with Crippen LogP contribution in [0.25, 0.3) is 0 Å². The second-order valence-electron chi connectivity index (χ2n) is 5.07. The molecule has 0 spiro atoms. The summed E-state index contributed by atoms with van der Waals surface area (Å²) in [6, 6.07) is 5.82. The van der Waals surface area contributed by atoms with Gasteiger partial charge in [-0.1, -0.05) is 6.92 Å². The molecule has 4 heteroatoms. The molecule has 0 radical (unpaired) electrons. The van der Waals surface area contributed by atoms with Gasteiger partial charge in [-0.05, 0) is 25.1 Å². The predicted molar refractivity (Wildman–Crippen MR) is 70.9 cm³/mol. The zero-order valence-corrected chi connectivity index (χ0v) is 11.0. The molecule has 0 amide bonds. The summed E-state index contributed by atoms with van der Waals surface area (Å²) in [6.45, 7) is 7.23. The topological polar surface area (TPSA) is 50.7 Å². The Kier molecular flexibility index (Phi) is 4.09. The molecular formula is C14H21NO3. The molecule has 1 heterocycles. The maximum atomic E-state index is 9.33. The van der Waals surface area contributed by atoms with Crippen LogP contribution in [0.5, 0.6) is 5.75 Å². The van der Waals surface area contributed by atoms with Crippen LogP contribution in [0.4, 0.5) is 5.69 Å². The maximum absolute atomic E-state index is 9.33. The van der Waals surface area contributed by atoms with Crippen LogP contribution in [0.3, 0.4) is 0 Å². The summed E-state index contributed by atoms with van der Waals surface area (Å²) in [6.07, 6.45) is 0. The summed E-state index contributed by atoms with van der Waals surface area (Å²) < 4.78 is 10.7. The van der Waals surface area contributed by atoms with Crippen molar-refractivity contribution in [2.45, 2.75) is 20.5 Å². The van der Waals surface area contributed by atoms with Crippen molar-refractivity contribution in [3.05, 3.63) is 23.8 Å². The van der Waals surface area contributed by atoms with Gasteiger partial charge in [0.25, 0.3) is 0 Å². The van der Waals surface area contributed by atoms with Crippen LogP contribution in [-0.2, 0) is 11.3 Å². The minimum atomic E-state index is -0.00870. The molecule has 18 heavy (non-hydrogen) atoms. The first kappa shape index (κ1) is 13.2. The van der Waals surface area contributed by atoms with Crippen LogP contribution < -0.4 is 10.1 Å². The molecule has 0 unspecified atom stereocenters. The number of rotatable bonds is 6. The third-order valence-corrected chi connectivity index (χ3v) is 3.15. The maximum Gasteiger partial charge on any atom is 0.124 e. The molecule has 0 bridgehead atoms. The summed E-state index contributed by atoms with van der Waals surface area (Å²) in [4.78, 5) is 0. The normalized spacial score (nSPS) is 17.1. The number of benzene rings is 1. The van der Waals surface area contributed by atoms with Crippen molar-refractivity contribution < 1.29 is 14.6 Å². The van der Waals surface area contributed by atoms with E-state index in [4.69, 9.17) is 9.47 Å². The molecule has 1 aromatic rings. The molecule has 1 fully saturated rings. The number of ether oxygens (including phenoxy) is 2. The molecule has 4 nitrogen and oxygen atoms in total. The van der Waals surface area contributed by atoms with E-state index < -0.39 is 0 Å². The second-order valence-corrected chi connectivity index (χ2v) is 5.07. The van der Waals surface area contributed by atoms with E-state index in [1.54, 1.807) is 0 Å². The van der Waals surface area contributed by atoms with Crippen molar-refractivity contribution in [3.63, 3.8) is 0 Å². The lowest BCUT2D eigenvalue weighted by Gasteiger charge is -2.38. The highest BCUT2D eigenvalue weighted by Gasteiger charge is 2.32. The van der Waals surface area contributed by atoms with E-state index in [9.17, 15) is 5.11 Å². The van der Waals surface area contributed by atoms with Crippen molar-refractivity contribution in [1.29, 1.82) is 0 Å². The Morgan fingerprint density at radius 1 is 1.44 bits per heavy atom. The first-order chi connectivity index (χ1) is 8.67. The average molecular weight is 251 g/mol. The molecule has 2 N–H and O–H groups in total. The second kappa shape index (κ2) is 5.59. The first-order valence-corrected chi connectivity index (χ1v) is 6.35. The van der Waals surface area contributed by atoms with Gasteiger partial charge in [-0.15, -0.1) is 0 Å². The van der Waals surface area contributed by atoms with Crippen molar-refractivity contribution in [3.8, 4) is 5.75 Å². The lowest BCUT2D eigenvalue weighted by molar-refractivity contribution is -0.0924. The SMILES string of the molecule is CCOc1ccc(NCC2(C)COC2)cc1CO. The predicted octanol–water partition coefficient (Wildman–Crippen LogP) is 2.03. The lowest BCUT2D eigenvalue weighted by atomic mass is 9.88. The van der Waals surface area contributed by atoms with Gasteiger partial charge in [0.2, 0.25) is 0 Å². The van der Waals surface area contributed by atoms with Gasteiger partial charge < -0.3 is 19.9 Å². The van der Waals surface area contributed by atoms with Crippen LogP contribution in [0, 0.1) is 5.41 Å². The zero-order valence-electron chi connectivity index (χ0n) is 11.0. The molecule has 0 aliphatic carbocycles. The monoisotopic (exact) mass is 251 g/mol. The van der Waals surface area contributed by atoms with Crippen LogP contribution in [0.15, 0.2) is 18.2 Å². The van der Waals surface area contributed by atoms with Gasteiger partial charge in [-0.3, -0.25) is 0 Å². The smallest absolute Gasteiger partial charge is 0.124 e. The average Bonchev–Trinajstić information content (AvgIpc) is 2.35. The van der Waals surface area contributed by atoms with Crippen LogP contribution in [-0.4, -0.2) is 31.5 Å². The van der Waals surface area contributed by atoms with Crippen LogP contribution in [0.2, 0.25) is 0 Å². The first-order valence-electron chi connectivity index (χ1n) is 6.35. The number of nitrogens with one attached hydrogen (secondary N) is 1. The molecule has 1 aromatic carbocycles. The Labute approximate surface area is 108 Å². The fourth-order valence-electron chi connectivity index (χ4n) is 1.98. The van der Waals surface area contributed by atoms with E-state index >= 15 is 0 Å². The number of anilines is 1. The van der Waals surface area contributed by atoms with E-state index in [0.717, 1.165) is 36.8 Å². The zero-order chi connectivity index (χ0) is 13.0. The highest BCUT2D eigenvalue weighted by Crippen LogP contribution is 2.28. The molecule has 1 aliphatic heterocycles. The van der Waals surface area contributed by atoms with Crippen molar-refractivity contribution in [2.24, 2.45) is 5.41 Å². The van der Waals surface area contributed by atoms with E-state index in [-0.39, 0.29) is 12.0 Å². The number of hydrogen-bond acceptors (Lipinski definition) is 4. The number of aliphatic hydroxyl groups excluding tert-OH is 1. The Balaban J connectivity index is 2.00. The Bertz CT molecular complexity index is 402. The highest BCUT2D eigenvalue weighted by atomic mass is 16.5. The Morgan fingerprint density at radius 2 is 2.22 bits per heavy atom. The molecule has 0 atom stereocenters. The summed E-state index contributed by atoms with van der Waals surface area (Å²) in [5.74, 6) is 0.753. The molecule has 1 aliphatic rings. The molecule has 0 aromatic heterocycles. The number of hydrogen-bond donors (Lipinski definition) is 2. The highest BCUT2D eigenvalue weighted by molar-refractivity contribution is 5.51. The summed E-state index contributed by atoms with van der Waals surface area (Å²) in [5, 5.41) is 12.7. The quantitative estimate of drug-likeness (QED) is 0.812. The van der Waals surface area contributed by atoms with Gasteiger partial charge >= 0.3 is 0 Å². The molecular weight excluding hydrogens is 230 g/mol. The van der Waals surface area contributed by atoms with Gasteiger partial charge in [-0.25, -0.2) is 0 Å². The van der Waals surface area contributed by atoms with E-state index in [1.807, 2.05) is 25.1 Å². The fourth-order valence-corrected chi connectivity index (χ4v) is 1.98. The summed E-state index contributed by atoms with van der Waals surface area (Å²) in [7, 11) is 0. The Morgan fingerprint density at radius 3 is 2.78 bits per heavy atom. The van der Waals surface area contributed by atoms with Gasteiger partial charge in [0, 0.05) is 23.2 Å². The standard InChI is InChI=1S/C14H21NO3/c1-3-18-13-5-4-12(6-11(13)7-16)15-8-14(2)9-17-10-14/h4-6,15-16H,3,7-10H2,1-2H3. The van der Waals surface area contributed by atoms with Crippen molar-refractivity contribution in [1.82, 2.24) is 0 Å². The van der Waals surface area contributed by atoms with E-state index in [2.05, 4.69) is 12.2 Å². The van der Waals surface area contributed by atoms with Gasteiger partial charge in [-0.2, -0.15) is 0 Å². The molecule has 100 valence electrons. The minimum Gasteiger partial charge on any atom is -0.494 e. The van der Waals surface area contributed by atoms with Gasteiger partial charge in [0.05, 0.1) is 26.4 Å². The largest absolute Gasteiger partial charge is 0.494 e. The summed E-state index contributed by atoms with van der Waals surface area (Å²) >= 11 is 0. The van der Waals surface area contributed by atoms with Gasteiger partial charge in [0.1, 0.15) is 5.75 Å². The van der Waals surface area contributed by atoms with Crippen molar-refractivity contribution >= 4 is 5.69 Å². The lowest BCUT2D eigenvalue weighted by Crippen LogP contribution is -2.45. The van der Waals surface area contributed by atoms with E-state index in [0.29, 0.717) is 6.61 Å². The molecule has 1 saturated heterocycles.